The Morgan fingerprint density at radius 1 is 1.26 bits per heavy atom. The Balaban J connectivity index is 1.93. The van der Waals surface area contributed by atoms with E-state index in [2.05, 4.69) is 11.0 Å². The van der Waals surface area contributed by atoms with E-state index in [9.17, 15) is 4.79 Å². The summed E-state index contributed by atoms with van der Waals surface area (Å²) >= 11 is 6.40. The van der Waals surface area contributed by atoms with Gasteiger partial charge in [-0.1, -0.05) is 17.7 Å². The van der Waals surface area contributed by atoms with Gasteiger partial charge >= 0.3 is 5.97 Å². The summed E-state index contributed by atoms with van der Waals surface area (Å²) < 4.78 is 0. The molecule has 0 unspecified atom stereocenters. The van der Waals surface area contributed by atoms with Crippen molar-refractivity contribution in [3.63, 3.8) is 0 Å². The van der Waals surface area contributed by atoms with Crippen LogP contribution in [0.4, 0.5) is 5.69 Å². The maximum Gasteiger partial charge on any atom is 0.330 e. The van der Waals surface area contributed by atoms with Crippen LogP contribution < -0.4 is 10.6 Å². The molecule has 1 fully saturated rings. The second kappa shape index (κ2) is 7.51. The van der Waals surface area contributed by atoms with Crippen molar-refractivity contribution in [3.05, 3.63) is 28.8 Å². The zero-order chi connectivity index (χ0) is 17.0. The highest BCUT2D eigenvalue weighted by molar-refractivity contribution is 6.33. The minimum Gasteiger partial charge on any atom is -0.367 e. The molecule has 1 saturated heterocycles. The third-order valence-corrected chi connectivity index (χ3v) is 4.15. The van der Waals surface area contributed by atoms with Crippen LogP contribution >= 0.6 is 11.6 Å². The summed E-state index contributed by atoms with van der Waals surface area (Å²) in [4.78, 5) is 19.6. The predicted octanol–water partition coefficient (Wildman–Crippen LogP) is 2.47. The number of benzene rings is 1. The van der Waals surface area contributed by atoms with Crippen LogP contribution in [0.15, 0.2) is 18.2 Å². The first-order valence-corrected chi connectivity index (χ1v) is 8.40. The van der Waals surface area contributed by atoms with Crippen molar-refractivity contribution in [1.29, 1.82) is 0 Å². The molecule has 0 radical (unpaired) electrons. The fraction of sp³-hybridized carbons (Fsp3) is 0.588. The lowest BCUT2D eigenvalue weighted by Gasteiger charge is -2.36. The molecule has 0 atom stereocenters. The molecule has 1 aliphatic rings. The number of nitrogens with zero attached hydrogens (tertiary/aromatic N) is 2. The molecule has 1 aromatic carbocycles. The topological polar surface area (TPSA) is 58.8 Å². The van der Waals surface area contributed by atoms with Gasteiger partial charge in [-0.25, -0.2) is 4.79 Å². The minimum atomic E-state index is -0.487. The van der Waals surface area contributed by atoms with Crippen molar-refractivity contribution >= 4 is 23.3 Å². The molecule has 0 aliphatic carbocycles. The lowest BCUT2D eigenvalue weighted by atomic mass is 9.98. The molecular weight excluding hydrogens is 314 g/mol. The second-order valence-corrected chi connectivity index (χ2v) is 7.28. The van der Waals surface area contributed by atoms with Crippen molar-refractivity contribution in [2.24, 2.45) is 11.1 Å². The van der Waals surface area contributed by atoms with E-state index >= 15 is 0 Å². The van der Waals surface area contributed by atoms with E-state index < -0.39 is 5.41 Å². The van der Waals surface area contributed by atoms with Crippen LogP contribution in [0, 0.1) is 5.41 Å². The average Bonchev–Trinajstić information content (AvgIpc) is 2.48. The number of rotatable bonds is 4. The molecule has 128 valence electrons. The zero-order valence-corrected chi connectivity index (χ0v) is 14.9. The number of halogens is 1. The summed E-state index contributed by atoms with van der Waals surface area (Å²) in [5.41, 5.74) is 7.26. The highest BCUT2D eigenvalue weighted by atomic mass is 35.5. The fourth-order valence-electron chi connectivity index (χ4n) is 2.40. The third-order valence-electron chi connectivity index (χ3n) is 3.85. The quantitative estimate of drug-likeness (QED) is 0.913. The number of carbonyl (C=O) groups excluding carboxylic acids is 1. The summed E-state index contributed by atoms with van der Waals surface area (Å²) in [7, 11) is 0. The summed E-state index contributed by atoms with van der Waals surface area (Å²) in [6.07, 6.45) is 0.830. The van der Waals surface area contributed by atoms with Crippen LogP contribution in [-0.4, -0.2) is 43.8 Å². The Kier molecular flexibility index (Phi) is 5.89. The van der Waals surface area contributed by atoms with Crippen molar-refractivity contribution < 1.29 is 9.63 Å². The van der Waals surface area contributed by atoms with Gasteiger partial charge in [0.05, 0.1) is 29.2 Å². The number of carbonyl (C=O) groups is 1. The maximum atomic E-state index is 11.9. The van der Waals surface area contributed by atoms with Gasteiger partial charge in [-0.05, 0) is 51.4 Å². The van der Waals surface area contributed by atoms with Crippen LogP contribution in [0.3, 0.4) is 0 Å². The highest BCUT2D eigenvalue weighted by Crippen LogP contribution is 2.28. The third kappa shape index (κ3) is 4.83. The molecule has 0 bridgehead atoms. The van der Waals surface area contributed by atoms with E-state index in [1.54, 1.807) is 5.06 Å². The summed E-state index contributed by atoms with van der Waals surface area (Å²) in [6, 6.07) is 6.10. The molecule has 1 heterocycles. The Labute approximate surface area is 143 Å². The number of hydrogen-bond donors (Lipinski definition) is 1. The van der Waals surface area contributed by atoms with Crippen molar-refractivity contribution in [3.8, 4) is 0 Å². The standard InChI is InChI=1S/C17H26ClN3O2/c1-17(2,3)16(22)23-21-10-8-20(9-11-21)15-5-4-13(6-7-19)12-14(15)18/h4-5,12H,6-11,19H2,1-3H3. The predicted molar refractivity (Wildman–Crippen MR) is 93.5 cm³/mol. The van der Waals surface area contributed by atoms with E-state index in [1.807, 2.05) is 32.9 Å². The SMILES string of the molecule is CC(C)(C)C(=O)ON1CCN(c2ccc(CCN)cc2Cl)CC1. The van der Waals surface area contributed by atoms with Crippen molar-refractivity contribution in [1.82, 2.24) is 5.06 Å². The summed E-state index contributed by atoms with van der Waals surface area (Å²) in [5.74, 6) is -0.199. The average molecular weight is 340 g/mol. The molecule has 1 aromatic rings. The largest absolute Gasteiger partial charge is 0.367 e. The normalized spacial score (nSPS) is 16.5. The van der Waals surface area contributed by atoms with Gasteiger partial charge in [0.1, 0.15) is 0 Å². The first-order valence-electron chi connectivity index (χ1n) is 8.02. The van der Waals surface area contributed by atoms with Crippen molar-refractivity contribution in [2.75, 3.05) is 37.6 Å². The van der Waals surface area contributed by atoms with Gasteiger partial charge in [-0.15, -0.1) is 5.06 Å². The van der Waals surface area contributed by atoms with Crippen LogP contribution in [-0.2, 0) is 16.1 Å². The van der Waals surface area contributed by atoms with Crippen LogP contribution in [0.2, 0.25) is 5.02 Å². The Hall–Kier alpha value is -1.30. The van der Waals surface area contributed by atoms with Gasteiger partial charge in [-0.3, -0.25) is 0 Å². The Morgan fingerprint density at radius 2 is 1.91 bits per heavy atom. The number of hydrogen-bond acceptors (Lipinski definition) is 5. The van der Waals surface area contributed by atoms with Gasteiger partial charge in [0.15, 0.2) is 0 Å². The summed E-state index contributed by atoms with van der Waals surface area (Å²) in [5, 5.41) is 2.48. The number of anilines is 1. The van der Waals surface area contributed by atoms with Crippen molar-refractivity contribution in [2.45, 2.75) is 27.2 Å². The van der Waals surface area contributed by atoms with E-state index in [4.69, 9.17) is 22.2 Å². The monoisotopic (exact) mass is 339 g/mol. The van der Waals surface area contributed by atoms with Crippen LogP contribution in [0.5, 0.6) is 0 Å². The van der Waals surface area contributed by atoms with Gasteiger partial charge in [0, 0.05) is 13.1 Å². The van der Waals surface area contributed by atoms with Gasteiger partial charge < -0.3 is 15.5 Å². The molecule has 1 aliphatic heterocycles. The lowest BCUT2D eigenvalue weighted by molar-refractivity contribution is -0.201. The van der Waals surface area contributed by atoms with Crippen LogP contribution in [0.1, 0.15) is 26.3 Å². The smallest absolute Gasteiger partial charge is 0.330 e. The number of piperazine rings is 1. The molecular formula is C17H26ClN3O2. The molecule has 2 N–H and O–H groups in total. The van der Waals surface area contributed by atoms with E-state index in [1.165, 1.54) is 0 Å². The van der Waals surface area contributed by atoms with E-state index in [-0.39, 0.29) is 5.97 Å². The van der Waals surface area contributed by atoms with Gasteiger partial charge in [-0.2, -0.15) is 0 Å². The molecule has 23 heavy (non-hydrogen) atoms. The molecule has 0 saturated carbocycles. The number of hydroxylamine groups is 2. The van der Waals surface area contributed by atoms with E-state index in [0.29, 0.717) is 19.6 Å². The first kappa shape index (κ1) is 18.0. The summed E-state index contributed by atoms with van der Waals surface area (Å²) in [6.45, 7) is 9.07. The molecule has 2 rings (SSSR count). The fourth-order valence-corrected chi connectivity index (χ4v) is 2.73. The van der Waals surface area contributed by atoms with Gasteiger partial charge in [0.2, 0.25) is 0 Å². The Morgan fingerprint density at radius 3 is 2.43 bits per heavy atom. The molecule has 5 nitrogen and oxygen atoms in total. The maximum absolute atomic E-state index is 11.9. The number of nitrogens with two attached hydrogens (primary N) is 1. The molecule has 6 heteroatoms. The first-order chi connectivity index (χ1) is 10.8. The second-order valence-electron chi connectivity index (χ2n) is 6.87. The van der Waals surface area contributed by atoms with Gasteiger partial charge in [0.25, 0.3) is 0 Å². The van der Waals surface area contributed by atoms with E-state index in [0.717, 1.165) is 35.8 Å². The molecule has 0 amide bonds. The highest BCUT2D eigenvalue weighted by Gasteiger charge is 2.28. The zero-order valence-electron chi connectivity index (χ0n) is 14.1. The Bertz CT molecular complexity index is 549. The lowest BCUT2D eigenvalue weighted by Crippen LogP contribution is -2.48. The molecule has 0 spiro atoms. The van der Waals surface area contributed by atoms with Crippen LogP contribution in [0.25, 0.3) is 0 Å². The minimum absolute atomic E-state index is 0.199. The molecule has 0 aromatic heterocycles.